The maximum atomic E-state index is 5.21. The molecule has 0 unspecified atom stereocenters. The van der Waals surface area contributed by atoms with Crippen LogP contribution in [0.25, 0.3) is 10.4 Å². The summed E-state index contributed by atoms with van der Waals surface area (Å²) in [4.78, 5) is 6.85. The summed E-state index contributed by atoms with van der Waals surface area (Å²) in [5.41, 5.74) is 1.21. The van der Waals surface area contributed by atoms with Gasteiger partial charge in [0.15, 0.2) is 5.96 Å². The summed E-state index contributed by atoms with van der Waals surface area (Å²) in [6, 6.07) is 13.0. The van der Waals surface area contributed by atoms with Crippen LogP contribution < -0.4 is 15.4 Å². The molecule has 1 aromatic heterocycles. The van der Waals surface area contributed by atoms with Crippen LogP contribution >= 0.6 is 35.3 Å². The minimum atomic E-state index is 0. The molecule has 0 fully saturated rings. The van der Waals surface area contributed by atoms with Crippen molar-refractivity contribution in [2.45, 2.75) is 25.4 Å². The Morgan fingerprint density at radius 2 is 1.88 bits per heavy atom. The van der Waals surface area contributed by atoms with E-state index in [2.05, 4.69) is 52.0 Å². The molecule has 1 aliphatic carbocycles. The molecule has 0 atom stereocenters. The zero-order valence-corrected chi connectivity index (χ0v) is 17.6. The van der Waals surface area contributed by atoms with Gasteiger partial charge in [0.05, 0.1) is 13.7 Å². The number of hydrogen-bond acceptors (Lipinski definition) is 3. The van der Waals surface area contributed by atoms with Crippen LogP contribution in [-0.4, -0.2) is 26.2 Å². The van der Waals surface area contributed by atoms with Gasteiger partial charge in [-0.15, -0.1) is 35.3 Å². The maximum Gasteiger partial charge on any atom is 0.191 e. The predicted octanol–water partition coefficient (Wildman–Crippen LogP) is 4.43. The van der Waals surface area contributed by atoms with E-state index in [-0.39, 0.29) is 24.0 Å². The third-order valence-electron chi connectivity index (χ3n) is 4.04. The first-order chi connectivity index (χ1) is 11.8. The number of methoxy groups -OCH3 is 1. The topological polar surface area (TPSA) is 45.7 Å². The molecule has 0 saturated heterocycles. The smallest absolute Gasteiger partial charge is 0.191 e. The predicted molar refractivity (Wildman–Crippen MR) is 117 cm³/mol. The van der Waals surface area contributed by atoms with Gasteiger partial charge in [0.2, 0.25) is 0 Å². The number of thiophene rings is 1. The first-order valence-electron chi connectivity index (χ1n) is 8.14. The van der Waals surface area contributed by atoms with Gasteiger partial charge >= 0.3 is 0 Å². The van der Waals surface area contributed by atoms with Gasteiger partial charge in [0.25, 0.3) is 0 Å². The van der Waals surface area contributed by atoms with Crippen molar-refractivity contribution in [3.8, 4) is 16.2 Å². The summed E-state index contributed by atoms with van der Waals surface area (Å²) in [5.74, 6) is 1.75. The van der Waals surface area contributed by atoms with Gasteiger partial charge in [-0.2, -0.15) is 0 Å². The van der Waals surface area contributed by atoms with E-state index in [1.54, 1.807) is 18.4 Å². The highest BCUT2D eigenvalue weighted by Gasteiger charge is 2.11. The molecule has 2 aromatic rings. The number of halogens is 1. The molecule has 0 spiro atoms. The normalized spacial score (nSPS) is 14.2. The van der Waals surface area contributed by atoms with Crippen molar-refractivity contribution in [1.82, 2.24) is 10.6 Å². The van der Waals surface area contributed by atoms with E-state index in [0.29, 0.717) is 6.04 Å². The first kappa shape index (κ1) is 19.8. The zero-order valence-electron chi connectivity index (χ0n) is 14.5. The van der Waals surface area contributed by atoms with Crippen LogP contribution in [-0.2, 0) is 6.54 Å². The molecule has 25 heavy (non-hydrogen) atoms. The van der Waals surface area contributed by atoms with Crippen LogP contribution in [0.15, 0.2) is 53.5 Å². The SMILES string of the molecule is CN=C(NCc1ccc(-c2ccc(OC)cc2)s1)NC1CC=CC1.I. The minimum Gasteiger partial charge on any atom is -0.497 e. The number of nitrogens with one attached hydrogen (secondary N) is 2. The fraction of sp³-hybridized carbons (Fsp3) is 0.316. The summed E-state index contributed by atoms with van der Waals surface area (Å²) < 4.78 is 5.21. The third-order valence-corrected chi connectivity index (χ3v) is 5.17. The Hall–Kier alpha value is -1.54. The third kappa shape index (κ3) is 5.47. The fourth-order valence-electron chi connectivity index (χ4n) is 2.68. The molecule has 1 aromatic carbocycles. The average Bonchev–Trinajstić information content (AvgIpc) is 3.30. The van der Waals surface area contributed by atoms with E-state index in [1.165, 1.54) is 15.3 Å². The average molecular weight is 469 g/mol. The van der Waals surface area contributed by atoms with Crippen LogP contribution in [0.1, 0.15) is 17.7 Å². The van der Waals surface area contributed by atoms with Crippen molar-refractivity contribution in [3.05, 3.63) is 53.4 Å². The van der Waals surface area contributed by atoms with Gasteiger partial charge in [-0.3, -0.25) is 4.99 Å². The second-order valence-corrected chi connectivity index (χ2v) is 6.87. The van der Waals surface area contributed by atoms with Crippen molar-refractivity contribution in [2.75, 3.05) is 14.2 Å². The Bertz CT molecular complexity index is 717. The molecule has 0 saturated carbocycles. The zero-order chi connectivity index (χ0) is 16.8. The Morgan fingerprint density at radius 3 is 2.52 bits per heavy atom. The molecule has 6 heteroatoms. The van der Waals surface area contributed by atoms with Crippen LogP contribution in [0.5, 0.6) is 5.75 Å². The number of nitrogens with zero attached hydrogens (tertiary/aromatic N) is 1. The number of aliphatic imine (C=N–C) groups is 1. The molecule has 4 nitrogen and oxygen atoms in total. The molecule has 1 aliphatic rings. The summed E-state index contributed by atoms with van der Waals surface area (Å²) in [7, 11) is 3.50. The quantitative estimate of drug-likeness (QED) is 0.295. The van der Waals surface area contributed by atoms with Crippen molar-refractivity contribution in [1.29, 1.82) is 0 Å². The molecule has 0 aliphatic heterocycles. The monoisotopic (exact) mass is 469 g/mol. The van der Waals surface area contributed by atoms with E-state index in [1.807, 2.05) is 19.2 Å². The number of hydrogen-bond donors (Lipinski definition) is 2. The highest BCUT2D eigenvalue weighted by molar-refractivity contribution is 14.0. The van der Waals surface area contributed by atoms with Crippen LogP contribution in [0, 0.1) is 0 Å². The highest BCUT2D eigenvalue weighted by atomic mass is 127. The molecule has 2 N–H and O–H groups in total. The lowest BCUT2D eigenvalue weighted by Crippen LogP contribution is -2.41. The number of benzene rings is 1. The summed E-state index contributed by atoms with van der Waals surface area (Å²) in [6.45, 7) is 0.778. The first-order valence-corrected chi connectivity index (χ1v) is 8.95. The minimum absolute atomic E-state index is 0. The second kappa shape index (κ2) is 9.82. The molecular formula is C19H24IN3OS. The lowest BCUT2D eigenvalue weighted by molar-refractivity contribution is 0.415. The second-order valence-electron chi connectivity index (χ2n) is 5.70. The van der Waals surface area contributed by atoms with Gasteiger partial charge in [0, 0.05) is 22.8 Å². The van der Waals surface area contributed by atoms with E-state index in [9.17, 15) is 0 Å². The van der Waals surface area contributed by atoms with E-state index in [0.717, 1.165) is 31.1 Å². The maximum absolute atomic E-state index is 5.21. The van der Waals surface area contributed by atoms with E-state index < -0.39 is 0 Å². The Balaban J connectivity index is 0.00000225. The molecular weight excluding hydrogens is 445 g/mol. The molecule has 0 amide bonds. The number of rotatable bonds is 5. The highest BCUT2D eigenvalue weighted by Crippen LogP contribution is 2.29. The largest absolute Gasteiger partial charge is 0.497 e. The Labute approximate surface area is 170 Å². The van der Waals surface area contributed by atoms with E-state index in [4.69, 9.17) is 4.74 Å². The fourth-order valence-corrected chi connectivity index (χ4v) is 3.63. The van der Waals surface area contributed by atoms with Crippen LogP contribution in [0.4, 0.5) is 0 Å². The summed E-state index contributed by atoms with van der Waals surface area (Å²) in [6.07, 6.45) is 6.57. The van der Waals surface area contributed by atoms with Crippen molar-refractivity contribution in [3.63, 3.8) is 0 Å². The molecule has 134 valence electrons. The number of guanidine groups is 1. The van der Waals surface area contributed by atoms with Crippen LogP contribution in [0.2, 0.25) is 0 Å². The standard InChI is InChI=1S/C19H23N3OS.HI/c1-20-19(22-15-5-3-4-6-15)21-13-17-11-12-18(24-17)14-7-9-16(23-2)10-8-14;/h3-4,7-12,15H,5-6,13H2,1-2H3,(H2,20,21,22);1H. The Kier molecular flexibility index (Phi) is 7.77. The van der Waals surface area contributed by atoms with Gasteiger partial charge < -0.3 is 15.4 Å². The Morgan fingerprint density at radius 1 is 1.16 bits per heavy atom. The molecule has 0 bridgehead atoms. The van der Waals surface area contributed by atoms with Gasteiger partial charge in [-0.1, -0.05) is 12.2 Å². The van der Waals surface area contributed by atoms with Gasteiger partial charge in [-0.05, 0) is 54.8 Å². The van der Waals surface area contributed by atoms with Gasteiger partial charge in [-0.25, -0.2) is 0 Å². The lowest BCUT2D eigenvalue weighted by Gasteiger charge is -2.16. The van der Waals surface area contributed by atoms with Crippen molar-refractivity contribution < 1.29 is 4.74 Å². The van der Waals surface area contributed by atoms with E-state index >= 15 is 0 Å². The summed E-state index contributed by atoms with van der Waals surface area (Å²) >= 11 is 1.80. The molecule has 1 heterocycles. The van der Waals surface area contributed by atoms with Gasteiger partial charge in [0.1, 0.15) is 5.75 Å². The van der Waals surface area contributed by atoms with Crippen LogP contribution in [0.3, 0.4) is 0 Å². The molecule has 0 radical (unpaired) electrons. The van der Waals surface area contributed by atoms with Crippen molar-refractivity contribution >= 4 is 41.3 Å². The summed E-state index contributed by atoms with van der Waals surface area (Å²) in [5, 5.41) is 6.85. The molecule has 3 rings (SSSR count). The van der Waals surface area contributed by atoms with Crippen molar-refractivity contribution in [2.24, 2.45) is 4.99 Å². The number of ether oxygens (including phenoxy) is 1. The lowest BCUT2D eigenvalue weighted by atomic mass is 10.2.